The van der Waals surface area contributed by atoms with Crippen molar-refractivity contribution in [3.63, 3.8) is 0 Å². The first-order valence-corrected chi connectivity index (χ1v) is 8.02. The lowest BCUT2D eigenvalue weighted by Gasteiger charge is -2.31. The Balaban J connectivity index is 1.98. The average molecular weight is 346 g/mol. The molecule has 0 saturated heterocycles. The highest BCUT2D eigenvalue weighted by Crippen LogP contribution is 2.26. The van der Waals surface area contributed by atoms with Crippen LogP contribution in [0, 0.1) is 17.6 Å². The van der Waals surface area contributed by atoms with Gasteiger partial charge in [0.15, 0.2) is 0 Å². The van der Waals surface area contributed by atoms with E-state index >= 15 is 0 Å². The van der Waals surface area contributed by atoms with Crippen molar-refractivity contribution in [2.45, 2.75) is 38.1 Å². The molecule has 1 aliphatic rings. The summed E-state index contributed by atoms with van der Waals surface area (Å²) >= 11 is 3.46. The van der Waals surface area contributed by atoms with Crippen LogP contribution in [0.2, 0.25) is 0 Å². The van der Waals surface area contributed by atoms with E-state index < -0.39 is 11.6 Å². The van der Waals surface area contributed by atoms with Gasteiger partial charge in [-0.05, 0) is 30.9 Å². The van der Waals surface area contributed by atoms with Gasteiger partial charge in [-0.1, -0.05) is 34.8 Å². The molecule has 0 spiro atoms. The highest BCUT2D eigenvalue weighted by molar-refractivity contribution is 9.09. The molecular weight excluding hydrogens is 328 g/mol. The first-order valence-electron chi connectivity index (χ1n) is 6.90. The Morgan fingerprint density at radius 3 is 2.55 bits per heavy atom. The minimum atomic E-state index is -0.666. The number of alkyl halides is 1. The Morgan fingerprint density at radius 1 is 1.25 bits per heavy atom. The van der Waals surface area contributed by atoms with Crippen molar-refractivity contribution < 1.29 is 13.6 Å². The SMILES string of the molecule is O=C(Cc1c(F)cccc1F)NC1CCCCC1CBr. The molecule has 0 aromatic heterocycles. The summed E-state index contributed by atoms with van der Waals surface area (Å²) in [5, 5.41) is 3.76. The summed E-state index contributed by atoms with van der Waals surface area (Å²) in [4.78, 5) is 12.0. The number of nitrogens with one attached hydrogen (secondary N) is 1. The Bertz CT molecular complexity index is 461. The van der Waals surface area contributed by atoms with Gasteiger partial charge in [-0.15, -0.1) is 0 Å². The van der Waals surface area contributed by atoms with E-state index in [1.54, 1.807) is 0 Å². The molecule has 1 amide bonds. The van der Waals surface area contributed by atoms with Crippen LogP contribution in [0.3, 0.4) is 0 Å². The molecule has 2 rings (SSSR count). The Kier molecular flexibility index (Phi) is 5.52. The van der Waals surface area contributed by atoms with E-state index in [0.717, 1.165) is 24.6 Å². The van der Waals surface area contributed by atoms with Crippen LogP contribution in [0.4, 0.5) is 8.78 Å². The van der Waals surface area contributed by atoms with Crippen LogP contribution in [0.25, 0.3) is 0 Å². The van der Waals surface area contributed by atoms with Crippen LogP contribution in [0.1, 0.15) is 31.2 Å². The number of amides is 1. The zero-order valence-electron chi connectivity index (χ0n) is 11.2. The number of rotatable bonds is 4. The van der Waals surface area contributed by atoms with Crippen LogP contribution in [-0.4, -0.2) is 17.3 Å². The van der Waals surface area contributed by atoms with E-state index in [1.165, 1.54) is 24.6 Å². The molecule has 1 saturated carbocycles. The van der Waals surface area contributed by atoms with Gasteiger partial charge in [0.25, 0.3) is 0 Å². The predicted octanol–water partition coefficient (Wildman–Crippen LogP) is 3.58. The maximum absolute atomic E-state index is 13.5. The van der Waals surface area contributed by atoms with Crippen LogP contribution < -0.4 is 5.32 Å². The lowest BCUT2D eigenvalue weighted by Crippen LogP contribution is -2.43. The number of benzene rings is 1. The van der Waals surface area contributed by atoms with E-state index in [2.05, 4.69) is 21.2 Å². The number of hydrogen-bond acceptors (Lipinski definition) is 1. The van der Waals surface area contributed by atoms with Gasteiger partial charge in [0.1, 0.15) is 11.6 Å². The Labute approximate surface area is 126 Å². The van der Waals surface area contributed by atoms with E-state index in [0.29, 0.717) is 5.92 Å². The highest BCUT2D eigenvalue weighted by atomic mass is 79.9. The molecule has 2 unspecified atom stereocenters. The fraction of sp³-hybridized carbons (Fsp3) is 0.533. The molecule has 0 heterocycles. The second kappa shape index (κ2) is 7.16. The summed E-state index contributed by atoms with van der Waals surface area (Å²) in [6.45, 7) is 0. The molecule has 0 radical (unpaired) electrons. The summed E-state index contributed by atoms with van der Waals surface area (Å²) < 4.78 is 27.0. The summed E-state index contributed by atoms with van der Waals surface area (Å²) in [5.41, 5.74) is -0.156. The quantitative estimate of drug-likeness (QED) is 0.830. The third-order valence-electron chi connectivity index (χ3n) is 3.85. The molecule has 5 heteroatoms. The Hall–Kier alpha value is -0.970. The van der Waals surface area contributed by atoms with Crippen LogP contribution in [0.5, 0.6) is 0 Å². The second-order valence-electron chi connectivity index (χ2n) is 5.25. The monoisotopic (exact) mass is 345 g/mol. The summed E-state index contributed by atoms with van der Waals surface area (Å²) in [7, 11) is 0. The fourth-order valence-electron chi connectivity index (χ4n) is 2.70. The van der Waals surface area contributed by atoms with Gasteiger partial charge in [-0.2, -0.15) is 0 Å². The van der Waals surface area contributed by atoms with Gasteiger partial charge in [0, 0.05) is 16.9 Å². The molecule has 110 valence electrons. The molecular formula is C15H18BrF2NO. The highest BCUT2D eigenvalue weighted by Gasteiger charge is 2.26. The smallest absolute Gasteiger partial charge is 0.224 e. The topological polar surface area (TPSA) is 29.1 Å². The normalized spacial score (nSPS) is 22.6. The zero-order chi connectivity index (χ0) is 14.5. The van der Waals surface area contributed by atoms with Crippen molar-refractivity contribution in [1.29, 1.82) is 0 Å². The lowest BCUT2D eigenvalue weighted by molar-refractivity contribution is -0.121. The molecule has 1 fully saturated rings. The molecule has 0 aliphatic heterocycles. The van der Waals surface area contributed by atoms with Gasteiger partial charge in [0.05, 0.1) is 6.42 Å². The van der Waals surface area contributed by atoms with Gasteiger partial charge >= 0.3 is 0 Å². The summed E-state index contributed by atoms with van der Waals surface area (Å²) in [6.07, 6.45) is 4.02. The van der Waals surface area contributed by atoms with Crippen molar-refractivity contribution in [3.05, 3.63) is 35.4 Å². The fourth-order valence-corrected chi connectivity index (χ4v) is 3.48. The molecule has 2 nitrogen and oxygen atoms in total. The van der Waals surface area contributed by atoms with E-state index in [1.807, 2.05) is 0 Å². The molecule has 1 aliphatic carbocycles. The minimum Gasteiger partial charge on any atom is -0.353 e. The van der Waals surface area contributed by atoms with Crippen LogP contribution in [0.15, 0.2) is 18.2 Å². The van der Waals surface area contributed by atoms with E-state index in [-0.39, 0.29) is 23.9 Å². The third-order valence-corrected chi connectivity index (χ3v) is 4.68. The second-order valence-corrected chi connectivity index (χ2v) is 5.90. The maximum Gasteiger partial charge on any atom is 0.224 e. The number of carbonyl (C=O) groups excluding carboxylic acids is 1. The van der Waals surface area contributed by atoms with Gasteiger partial charge < -0.3 is 5.32 Å². The molecule has 1 aromatic carbocycles. The predicted molar refractivity (Wildman–Crippen MR) is 77.7 cm³/mol. The van der Waals surface area contributed by atoms with Gasteiger partial charge in [0.2, 0.25) is 5.91 Å². The standard InChI is InChI=1S/C15H18BrF2NO/c16-9-10-4-1-2-7-14(10)19-15(20)8-11-12(17)5-3-6-13(11)18/h3,5-6,10,14H,1-2,4,7-9H2,(H,19,20). The lowest BCUT2D eigenvalue weighted by atomic mass is 9.86. The first-order chi connectivity index (χ1) is 9.61. The first kappa shape index (κ1) is 15.4. The minimum absolute atomic E-state index is 0.102. The summed E-state index contributed by atoms with van der Waals surface area (Å²) in [6, 6.07) is 3.75. The van der Waals surface area contributed by atoms with Crippen molar-refractivity contribution in [2.75, 3.05) is 5.33 Å². The third kappa shape index (κ3) is 3.78. The molecule has 20 heavy (non-hydrogen) atoms. The van der Waals surface area contributed by atoms with Gasteiger partial charge in [-0.25, -0.2) is 8.78 Å². The molecule has 0 bridgehead atoms. The largest absolute Gasteiger partial charge is 0.353 e. The van der Waals surface area contributed by atoms with Crippen LogP contribution >= 0.6 is 15.9 Å². The zero-order valence-corrected chi connectivity index (χ0v) is 12.8. The molecule has 1 N–H and O–H groups in total. The van der Waals surface area contributed by atoms with E-state index in [9.17, 15) is 13.6 Å². The number of halogens is 3. The van der Waals surface area contributed by atoms with E-state index in [4.69, 9.17) is 0 Å². The van der Waals surface area contributed by atoms with Gasteiger partial charge in [-0.3, -0.25) is 4.79 Å². The van der Waals surface area contributed by atoms with Crippen molar-refractivity contribution in [2.24, 2.45) is 5.92 Å². The van der Waals surface area contributed by atoms with Crippen LogP contribution in [-0.2, 0) is 11.2 Å². The Morgan fingerprint density at radius 2 is 1.90 bits per heavy atom. The van der Waals surface area contributed by atoms with Crippen molar-refractivity contribution >= 4 is 21.8 Å². The van der Waals surface area contributed by atoms with Crippen molar-refractivity contribution in [3.8, 4) is 0 Å². The summed E-state index contributed by atoms with van der Waals surface area (Å²) in [5.74, 6) is -1.24. The molecule has 2 atom stereocenters. The average Bonchev–Trinajstić information content (AvgIpc) is 2.44. The number of carbonyl (C=O) groups is 1. The number of hydrogen-bond donors (Lipinski definition) is 1. The molecule has 1 aromatic rings. The van der Waals surface area contributed by atoms with Crippen molar-refractivity contribution in [1.82, 2.24) is 5.32 Å². The maximum atomic E-state index is 13.5.